The standard InChI is InChI=1S/C11H18N2/c1-2-3-8-13-11-7-5-4-6-10(11)9-12/h10H,2-8H2,1H3/b13-11+. The van der Waals surface area contributed by atoms with Crippen LogP contribution in [-0.2, 0) is 0 Å². The Morgan fingerprint density at radius 3 is 3.08 bits per heavy atom. The van der Waals surface area contributed by atoms with E-state index in [0.29, 0.717) is 0 Å². The zero-order valence-corrected chi connectivity index (χ0v) is 8.42. The topological polar surface area (TPSA) is 36.1 Å². The molecule has 0 N–H and O–H groups in total. The van der Waals surface area contributed by atoms with Gasteiger partial charge in [-0.1, -0.05) is 19.8 Å². The van der Waals surface area contributed by atoms with Crippen molar-refractivity contribution in [3.63, 3.8) is 0 Å². The molecule has 2 nitrogen and oxygen atoms in total. The molecule has 0 heterocycles. The summed E-state index contributed by atoms with van der Waals surface area (Å²) in [5.41, 5.74) is 1.17. The van der Waals surface area contributed by atoms with E-state index in [-0.39, 0.29) is 5.92 Å². The fourth-order valence-corrected chi connectivity index (χ4v) is 1.70. The Balaban J connectivity index is 2.44. The molecule has 0 spiro atoms. The van der Waals surface area contributed by atoms with Crippen LogP contribution in [0.3, 0.4) is 0 Å². The van der Waals surface area contributed by atoms with Gasteiger partial charge in [-0.25, -0.2) is 0 Å². The van der Waals surface area contributed by atoms with Crippen LogP contribution < -0.4 is 0 Å². The van der Waals surface area contributed by atoms with Gasteiger partial charge in [-0.05, 0) is 25.7 Å². The lowest BCUT2D eigenvalue weighted by atomic mass is 9.88. The van der Waals surface area contributed by atoms with Crippen molar-refractivity contribution in [2.75, 3.05) is 6.54 Å². The van der Waals surface area contributed by atoms with Crippen LogP contribution in [0.2, 0.25) is 0 Å². The molecule has 0 aromatic heterocycles. The lowest BCUT2D eigenvalue weighted by molar-refractivity contribution is 0.597. The van der Waals surface area contributed by atoms with Crippen molar-refractivity contribution in [1.82, 2.24) is 0 Å². The SMILES string of the molecule is CCCC/N=C1\CCCCC1C#N. The zero-order chi connectivity index (χ0) is 9.52. The number of nitriles is 1. The Morgan fingerprint density at radius 1 is 1.54 bits per heavy atom. The van der Waals surface area contributed by atoms with E-state index >= 15 is 0 Å². The Bertz CT molecular complexity index is 213. The minimum Gasteiger partial charge on any atom is -0.293 e. The van der Waals surface area contributed by atoms with Gasteiger partial charge in [-0.2, -0.15) is 5.26 Å². The molecule has 0 aliphatic heterocycles. The van der Waals surface area contributed by atoms with Gasteiger partial charge >= 0.3 is 0 Å². The first-order chi connectivity index (χ1) is 6.38. The quantitative estimate of drug-likeness (QED) is 0.612. The number of rotatable bonds is 3. The fraction of sp³-hybridized carbons (Fsp3) is 0.818. The van der Waals surface area contributed by atoms with Crippen LogP contribution in [0.25, 0.3) is 0 Å². The Morgan fingerprint density at radius 2 is 2.38 bits per heavy atom. The van der Waals surface area contributed by atoms with Gasteiger partial charge in [0.05, 0.1) is 12.0 Å². The molecule has 0 saturated heterocycles. The van der Waals surface area contributed by atoms with Gasteiger partial charge in [0.25, 0.3) is 0 Å². The second kappa shape index (κ2) is 5.75. The van der Waals surface area contributed by atoms with Crippen LogP contribution in [-0.4, -0.2) is 12.3 Å². The summed E-state index contributed by atoms with van der Waals surface area (Å²) in [4.78, 5) is 4.52. The van der Waals surface area contributed by atoms with Gasteiger partial charge < -0.3 is 0 Å². The fourth-order valence-electron chi connectivity index (χ4n) is 1.70. The highest BCUT2D eigenvalue weighted by Crippen LogP contribution is 2.21. The zero-order valence-electron chi connectivity index (χ0n) is 8.42. The monoisotopic (exact) mass is 178 g/mol. The van der Waals surface area contributed by atoms with E-state index in [2.05, 4.69) is 18.0 Å². The van der Waals surface area contributed by atoms with E-state index in [1.807, 2.05) is 0 Å². The molecule has 0 aromatic rings. The van der Waals surface area contributed by atoms with Crippen LogP contribution in [0, 0.1) is 17.2 Å². The van der Waals surface area contributed by atoms with Crippen molar-refractivity contribution >= 4 is 5.71 Å². The highest BCUT2D eigenvalue weighted by atomic mass is 14.7. The van der Waals surface area contributed by atoms with Gasteiger partial charge in [0.1, 0.15) is 0 Å². The average Bonchev–Trinajstić information content (AvgIpc) is 2.19. The Hall–Kier alpha value is -0.840. The van der Waals surface area contributed by atoms with Gasteiger partial charge in [0.15, 0.2) is 0 Å². The normalized spacial score (nSPS) is 25.8. The first-order valence-electron chi connectivity index (χ1n) is 5.31. The van der Waals surface area contributed by atoms with Crippen molar-refractivity contribution in [2.45, 2.75) is 45.4 Å². The number of hydrogen-bond acceptors (Lipinski definition) is 2. The van der Waals surface area contributed by atoms with E-state index in [0.717, 1.165) is 25.8 Å². The lowest BCUT2D eigenvalue weighted by Crippen LogP contribution is -2.18. The summed E-state index contributed by atoms with van der Waals surface area (Å²) >= 11 is 0. The minimum absolute atomic E-state index is 0.130. The van der Waals surface area contributed by atoms with E-state index in [9.17, 15) is 0 Å². The summed E-state index contributed by atoms with van der Waals surface area (Å²) in [6.45, 7) is 3.09. The third-order valence-electron chi connectivity index (χ3n) is 2.56. The number of aliphatic imine (C=N–C) groups is 1. The summed E-state index contributed by atoms with van der Waals surface area (Å²) in [5.74, 6) is 0.130. The molecule has 0 aromatic carbocycles. The molecule has 0 radical (unpaired) electrons. The van der Waals surface area contributed by atoms with Crippen molar-refractivity contribution in [1.29, 1.82) is 5.26 Å². The van der Waals surface area contributed by atoms with Crippen molar-refractivity contribution < 1.29 is 0 Å². The molecule has 0 bridgehead atoms. The molecule has 1 aliphatic carbocycles. The van der Waals surface area contributed by atoms with Crippen molar-refractivity contribution in [2.24, 2.45) is 10.9 Å². The molecule has 0 amide bonds. The second-order valence-corrected chi connectivity index (χ2v) is 3.65. The Labute approximate surface area is 80.7 Å². The Kier molecular flexibility index (Phi) is 4.53. The summed E-state index contributed by atoms with van der Waals surface area (Å²) in [6, 6.07) is 2.35. The summed E-state index contributed by atoms with van der Waals surface area (Å²) < 4.78 is 0. The molecule has 1 aliphatic rings. The molecule has 1 saturated carbocycles. The third kappa shape index (κ3) is 3.18. The van der Waals surface area contributed by atoms with E-state index in [1.165, 1.54) is 25.0 Å². The van der Waals surface area contributed by atoms with Gasteiger partial charge in [0.2, 0.25) is 0 Å². The molecule has 1 fully saturated rings. The smallest absolute Gasteiger partial charge is 0.0841 e. The van der Waals surface area contributed by atoms with Crippen LogP contribution in [0.1, 0.15) is 45.4 Å². The van der Waals surface area contributed by atoms with Crippen LogP contribution in [0.4, 0.5) is 0 Å². The van der Waals surface area contributed by atoms with Crippen molar-refractivity contribution in [3.05, 3.63) is 0 Å². The highest BCUT2D eigenvalue weighted by Gasteiger charge is 2.18. The number of unbranched alkanes of at least 4 members (excludes halogenated alkanes) is 1. The first kappa shape index (κ1) is 10.2. The average molecular weight is 178 g/mol. The predicted octanol–water partition coefficient (Wildman–Crippen LogP) is 2.94. The van der Waals surface area contributed by atoms with E-state index < -0.39 is 0 Å². The molecular formula is C11H18N2. The molecule has 1 unspecified atom stereocenters. The predicted molar refractivity (Wildman–Crippen MR) is 54.8 cm³/mol. The summed E-state index contributed by atoms with van der Waals surface area (Å²) in [7, 11) is 0. The second-order valence-electron chi connectivity index (χ2n) is 3.65. The van der Waals surface area contributed by atoms with Gasteiger partial charge in [0, 0.05) is 12.3 Å². The molecule has 1 atom stereocenters. The van der Waals surface area contributed by atoms with Crippen LogP contribution >= 0.6 is 0 Å². The summed E-state index contributed by atoms with van der Waals surface area (Å²) in [6.07, 6.45) is 6.85. The van der Waals surface area contributed by atoms with E-state index in [1.54, 1.807) is 0 Å². The van der Waals surface area contributed by atoms with Gasteiger partial charge in [-0.15, -0.1) is 0 Å². The third-order valence-corrected chi connectivity index (χ3v) is 2.56. The largest absolute Gasteiger partial charge is 0.293 e. The maximum absolute atomic E-state index is 8.89. The van der Waals surface area contributed by atoms with Gasteiger partial charge in [-0.3, -0.25) is 4.99 Å². The maximum Gasteiger partial charge on any atom is 0.0841 e. The summed E-state index contributed by atoms with van der Waals surface area (Å²) in [5, 5.41) is 8.89. The van der Waals surface area contributed by atoms with Crippen molar-refractivity contribution in [3.8, 4) is 6.07 Å². The molecular weight excluding hydrogens is 160 g/mol. The first-order valence-corrected chi connectivity index (χ1v) is 5.31. The lowest BCUT2D eigenvalue weighted by Gasteiger charge is -2.17. The molecule has 13 heavy (non-hydrogen) atoms. The maximum atomic E-state index is 8.89. The van der Waals surface area contributed by atoms with Crippen LogP contribution in [0.15, 0.2) is 4.99 Å². The molecule has 72 valence electrons. The molecule has 1 rings (SSSR count). The number of nitrogens with zero attached hydrogens (tertiary/aromatic N) is 2. The highest BCUT2D eigenvalue weighted by molar-refractivity contribution is 5.89. The minimum atomic E-state index is 0.130. The molecule has 2 heteroatoms. The number of hydrogen-bond donors (Lipinski definition) is 0. The van der Waals surface area contributed by atoms with Crippen LogP contribution in [0.5, 0.6) is 0 Å². The van der Waals surface area contributed by atoms with E-state index in [4.69, 9.17) is 5.26 Å².